The number of hydrogen-bond acceptors (Lipinski definition) is 3. The van der Waals surface area contributed by atoms with Crippen LogP contribution in [0, 0.1) is 5.92 Å². The molecule has 2 aliphatic heterocycles. The zero-order valence-electron chi connectivity index (χ0n) is 9.99. The summed E-state index contributed by atoms with van der Waals surface area (Å²) in [5.74, 6) is 0.653. The monoisotopic (exact) mass is 211 g/mol. The lowest BCUT2D eigenvalue weighted by Crippen LogP contribution is -2.55. The molecule has 88 valence electrons. The second-order valence-corrected chi connectivity index (χ2v) is 5.29. The van der Waals surface area contributed by atoms with Crippen LogP contribution in [0.2, 0.25) is 0 Å². The fourth-order valence-corrected chi connectivity index (χ4v) is 2.90. The first-order valence-electron chi connectivity index (χ1n) is 6.46. The van der Waals surface area contributed by atoms with Crippen LogP contribution in [0.25, 0.3) is 0 Å². The summed E-state index contributed by atoms with van der Waals surface area (Å²) in [5.41, 5.74) is 5.68. The molecule has 15 heavy (non-hydrogen) atoms. The van der Waals surface area contributed by atoms with Crippen molar-refractivity contribution in [2.45, 2.75) is 32.2 Å². The van der Waals surface area contributed by atoms with Crippen LogP contribution in [0.3, 0.4) is 0 Å². The topological polar surface area (TPSA) is 32.5 Å². The standard InChI is InChI=1S/C12H25N3/c1-11(8-13)9-14-6-7-15-5-3-2-4-12(15)10-14/h11-12H,2-10,13H2,1H3. The zero-order valence-corrected chi connectivity index (χ0v) is 9.99. The van der Waals surface area contributed by atoms with E-state index in [4.69, 9.17) is 5.73 Å². The van der Waals surface area contributed by atoms with Gasteiger partial charge in [0, 0.05) is 32.2 Å². The molecule has 2 aliphatic rings. The van der Waals surface area contributed by atoms with Gasteiger partial charge in [-0.1, -0.05) is 13.3 Å². The summed E-state index contributed by atoms with van der Waals surface area (Å²) in [4.78, 5) is 5.30. The molecule has 0 aromatic carbocycles. The van der Waals surface area contributed by atoms with E-state index in [2.05, 4.69) is 16.7 Å². The molecule has 3 nitrogen and oxygen atoms in total. The molecule has 2 N–H and O–H groups in total. The van der Waals surface area contributed by atoms with Crippen LogP contribution in [0.4, 0.5) is 0 Å². The minimum Gasteiger partial charge on any atom is -0.330 e. The van der Waals surface area contributed by atoms with Gasteiger partial charge in [0.25, 0.3) is 0 Å². The van der Waals surface area contributed by atoms with Crippen molar-refractivity contribution in [2.75, 3.05) is 39.3 Å². The number of piperidine rings is 1. The van der Waals surface area contributed by atoms with Crippen molar-refractivity contribution < 1.29 is 0 Å². The van der Waals surface area contributed by atoms with Gasteiger partial charge in [-0.3, -0.25) is 4.90 Å². The molecule has 2 heterocycles. The summed E-state index contributed by atoms with van der Waals surface area (Å²) in [6.07, 6.45) is 4.25. The molecular formula is C12H25N3. The molecule has 0 aliphatic carbocycles. The second-order valence-electron chi connectivity index (χ2n) is 5.29. The lowest BCUT2D eigenvalue weighted by Gasteiger charge is -2.44. The van der Waals surface area contributed by atoms with Gasteiger partial charge in [0.2, 0.25) is 0 Å². The smallest absolute Gasteiger partial charge is 0.0223 e. The van der Waals surface area contributed by atoms with E-state index in [1.54, 1.807) is 0 Å². The molecule has 0 amide bonds. The Morgan fingerprint density at radius 1 is 1.27 bits per heavy atom. The predicted octanol–water partition coefficient (Wildman–Crippen LogP) is 0.751. The molecule has 0 spiro atoms. The quantitative estimate of drug-likeness (QED) is 0.748. The van der Waals surface area contributed by atoms with Crippen molar-refractivity contribution in [1.82, 2.24) is 9.80 Å². The highest BCUT2D eigenvalue weighted by molar-refractivity contribution is 4.85. The van der Waals surface area contributed by atoms with Crippen molar-refractivity contribution in [2.24, 2.45) is 11.7 Å². The third kappa shape index (κ3) is 2.92. The highest BCUT2D eigenvalue weighted by Crippen LogP contribution is 2.21. The highest BCUT2D eigenvalue weighted by atomic mass is 15.3. The Hall–Kier alpha value is -0.120. The van der Waals surface area contributed by atoms with Gasteiger partial charge in [0.05, 0.1) is 0 Å². The molecule has 0 radical (unpaired) electrons. The fraction of sp³-hybridized carbons (Fsp3) is 1.00. The number of hydrogen-bond donors (Lipinski definition) is 1. The van der Waals surface area contributed by atoms with Gasteiger partial charge in [0.15, 0.2) is 0 Å². The summed E-state index contributed by atoms with van der Waals surface area (Å²) >= 11 is 0. The van der Waals surface area contributed by atoms with E-state index in [0.29, 0.717) is 5.92 Å². The predicted molar refractivity (Wildman–Crippen MR) is 63.9 cm³/mol. The summed E-state index contributed by atoms with van der Waals surface area (Å²) in [6, 6.07) is 0.845. The number of piperazine rings is 1. The maximum atomic E-state index is 5.68. The molecule has 2 rings (SSSR count). The van der Waals surface area contributed by atoms with E-state index in [1.165, 1.54) is 52.0 Å². The third-order valence-electron chi connectivity index (χ3n) is 3.89. The second kappa shape index (κ2) is 5.28. The van der Waals surface area contributed by atoms with E-state index in [1.807, 2.05) is 0 Å². The Morgan fingerprint density at radius 3 is 2.93 bits per heavy atom. The average Bonchev–Trinajstić information content (AvgIpc) is 2.29. The first kappa shape index (κ1) is 11.4. The van der Waals surface area contributed by atoms with Crippen molar-refractivity contribution in [3.05, 3.63) is 0 Å². The van der Waals surface area contributed by atoms with Crippen molar-refractivity contribution in [3.8, 4) is 0 Å². The van der Waals surface area contributed by atoms with Crippen LogP contribution in [0.1, 0.15) is 26.2 Å². The Balaban J connectivity index is 1.80. The summed E-state index contributed by atoms with van der Waals surface area (Å²) in [6.45, 7) is 9.43. The van der Waals surface area contributed by atoms with Gasteiger partial charge in [-0.15, -0.1) is 0 Å². The SMILES string of the molecule is CC(CN)CN1CCN2CCCCC2C1. The summed E-state index contributed by atoms with van der Waals surface area (Å²) in [5, 5.41) is 0. The minimum absolute atomic E-state index is 0.653. The molecule has 0 aromatic heterocycles. The van der Waals surface area contributed by atoms with Gasteiger partial charge in [-0.25, -0.2) is 0 Å². The van der Waals surface area contributed by atoms with Gasteiger partial charge < -0.3 is 10.6 Å². The van der Waals surface area contributed by atoms with E-state index in [0.717, 1.165) is 12.6 Å². The first-order chi connectivity index (χ1) is 7.29. The van der Waals surface area contributed by atoms with Gasteiger partial charge in [-0.2, -0.15) is 0 Å². The van der Waals surface area contributed by atoms with E-state index >= 15 is 0 Å². The molecular weight excluding hydrogens is 186 g/mol. The lowest BCUT2D eigenvalue weighted by molar-refractivity contribution is 0.0435. The normalized spacial score (nSPS) is 31.2. The molecule has 3 heteroatoms. The maximum absolute atomic E-state index is 5.68. The molecule has 2 unspecified atom stereocenters. The van der Waals surface area contributed by atoms with Gasteiger partial charge in [0.1, 0.15) is 0 Å². The van der Waals surface area contributed by atoms with Crippen molar-refractivity contribution in [1.29, 1.82) is 0 Å². The van der Waals surface area contributed by atoms with Crippen LogP contribution in [-0.2, 0) is 0 Å². The van der Waals surface area contributed by atoms with E-state index in [-0.39, 0.29) is 0 Å². The minimum atomic E-state index is 0.653. The Labute approximate surface area is 93.6 Å². The van der Waals surface area contributed by atoms with Crippen LogP contribution in [0.5, 0.6) is 0 Å². The van der Waals surface area contributed by atoms with Crippen LogP contribution in [-0.4, -0.2) is 55.1 Å². The van der Waals surface area contributed by atoms with Crippen LogP contribution in [0.15, 0.2) is 0 Å². The van der Waals surface area contributed by atoms with E-state index in [9.17, 15) is 0 Å². The molecule has 2 saturated heterocycles. The molecule has 0 bridgehead atoms. The van der Waals surface area contributed by atoms with Crippen LogP contribution >= 0.6 is 0 Å². The first-order valence-corrected chi connectivity index (χ1v) is 6.46. The van der Waals surface area contributed by atoms with Crippen molar-refractivity contribution in [3.63, 3.8) is 0 Å². The lowest BCUT2D eigenvalue weighted by atomic mass is 9.99. The fourth-order valence-electron chi connectivity index (χ4n) is 2.90. The Morgan fingerprint density at radius 2 is 2.13 bits per heavy atom. The Bertz CT molecular complexity index is 195. The number of rotatable bonds is 3. The van der Waals surface area contributed by atoms with Crippen molar-refractivity contribution >= 4 is 0 Å². The third-order valence-corrected chi connectivity index (χ3v) is 3.89. The molecule has 2 fully saturated rings. The van der Waals surface area contributed by atoms with Gasteiger partial charge in [-0.05, 0) is 31.8 Å². The summed E-state index contributed by atoms with van der Waals surface area (Å²) < 4.78 is 0. The maximum Gasteiger partial charge on any atom is 0.0223 e. The van der Waals surface area contributed by atoms with Gasteiger partial charge >= 0.3 is 0 Å². The largest absolute Gasteiger partial charge is 0.330 e. The number of nitrogens with zero attached hydrogens (tertiary/aromatic N) is 2. The summed E-state index contributed by atoms with van der Waals surface area (Å²) in [7, 11) is 0. The molecule has 0 aromatic rings. The van der Waals surface area contributed by atoms with E-state index < -0.39 is 0 Å². The molecule has 2 atom stereocenters. The average molecular weight is 211 g/mol. The highest BCUT2D eigenvalue weighted by Gasteiger charge is 2.28. The number of fused-ring (bicyclic) bond motifs is 1. The molecule has 0 saturated carbocycles. The van der Waals surface area contributed by atoms with Crippen LogP contribution < -0.4 is 5.73 Å². The Kier molecular flexibility index (Phi) is 4.00. The number of nitrogens with two attached hydrogens (primary N) is 1. The zero-order chi connectivity index (χ0) is 10.7.